The van der Waals surface area contributed by atoms with E-state index in [0.29, 0.717) is 85.2 Å². The van der Waals surface area contributed by atoms with Crippen LogP contribution in [0.2, 0.25) is 0 Å². The van der Waals surface area contributed by atoms with Crippen molar-refractivity contribution in [3.05, 3.63) is 153 Å². The lowest BCUT2D eigenvalue weighted by atomic mass is 9.45. The highest BCUT2D eigenvalue weighted by molar-refractivity contribution is 5.94. The van der Waals surface area contributed by atoms with Gasteiger partial charge in [0.25, 0.3) is 0 Å². The Balaban J connectivity index is 0.000000152. The number of aryl methyl sites for hydroxylation is 3. The average Bonchev–Trinajstić information content (AvgIpc) is 1.59. The molecule has 15 rings (SSSR count). The van der Waals surface area contributed by atoms with Crippen molar-refractivity contribution >= 4 is 65.7 Å². The largest absolute Gasteiger partial charge is 0.509 e. The molecule has 630 valence electrons. The summed E-state index contributed by atoms with van der Waals surface area (Å²) in [5.74, 6) is 3.76. The van der Waals surface area contributed by atoms with Crippen LogP contribution in [-0.2, 0) is 83.1 Å². The number of allylic oxidation sites excluding steroid dienone is 6. The Labute approximate surface area is 692 Å². The number of aliphatic hydroxyl groups is 1. The van der Waals surface area contributed by atoms with E-state index < -0.39 is 51.5 Å². The summed E-state index contributed by atoms with van der Waals surface area (Å²) in [6, 6.07) is 23.4. The zero-order valence-corrected chi connectivity index (χ0v) is 70.8. The minimum absolute atomic E-state index is 0.0317. The Bertz CT molecular complexity index is 4390. The topological polar surface area (TPSA) is 263 Å². The van der Waals surface area contributed by atoms with E-state index in [1.807, 2.05) is 78.9 Å². The number of aldehydes is 2. The van der Waals surface area contributed by atoms with Gasteiger partial charge in [-0.2, -0.15) is 0 Å². The van der Waals surface area contributed by atoms with E-state index in [-0.39, 0.29) is 95.1 Å². The molecule has 1 N–H and O–H groups in total. The lowest BCUT2D eigenvalue weighted by Crippen LogP contribution is -2.60. The molecule has 0 aromatic heterocycles. The number of hydrogen-bond donors (Lipinski definition) is 1. The average molecular weight is 1600 g/mol. The quantitative estimate of drug-likeness (QED) is 0.0496. The Morgan fingerprint density at radius 3 is 1.10 bits per heavy atom. The van der Waals surface area contributed by atoms with Crippen LogP contribution >= 0.6 is 0 Å². The van der Waals surface area contributed by atoms with Gasteiger partial charge in [0, 0.05) is 46.6 Å². The third-order valence-corrected chi connectivity index (χ3v) is 32.9. The zero-order valence-electron chi connectivity index (χ0n) is 70.8. The van der Waals surface area contributed by atoms with Crippen molar-refractivity contribution in [3.8, 4) is 0 Å². The molecule has 0 spiro atoms. The van der Waals surface area contributed by atoms with Gasteiger partial charge in [0.15, 0.2) is 51.5 Å². The number of carbonyl (C=O) groups excluding carboxylic acids is 11. The van der Waals surface area contributed by atoms with Crippen LogP contribution in [0.25, 0.3) is 0 Å². The number of ketones is 6. The standard InChI is InChI=1S/C33H44O6.C33H42O6.C33H40O6/c3*1-4-38-30(37)39-33(22(2)35)19-15-29-27-12-11-25-20-26(36)13-17-31(25,3)28(27)14-18-32(29,33)16-5-6-23-7-9-24(21-34)10-8-23/h7-10,20,27-29,34H,4-6,11-19,21H2,1-3H3;7-10,20-21,27-29H,4-6,11-19H2,1-3H3;7-12,20-21,27-29H,4-6,13-19H2,1-3H3/t3*27-,28-,29+,31-,32+,33+/m111/s1. The maximum absolute atomic E-state index is 13.6. The molecular weight excluding hydrogens is 1480 g/mol. The van der Waals surface area contributed by atoms with E-state index >= 15 is 0 Å². The van der Waals surface area contributed by atoms with E-state index in [4.69, 9.17) is 28.4 Å². The predicted molar refractivity (Wildman–Crippen MR) is 442 cm³/mol. The first-order valence-electron chi connectivity index (χ1n) is 44.4. The van der Waals surface area contributed by atoms with Gasteiger partial charge in [-0.15, -0.1) is 0 Å². The van der Waals surface area contributed by atoms with Crippen LogP contribution in [0.5, 0.6) is 0 Å². The summed E-state index contributed by atoms with van der Waals surface area (Å²) < 4.78 is 34.0. The van der Waals surface area contributed by atoms with Crippen molar-refractivity contribution < 1.29 is 86.3 Å². The van der Waals surface area contributed by atoms with Gasteiger partial charge in [-0.25, -0.2) is 14.4 Å². The minimum atomic E-state index is -1.20. The highest BCUT2D eigenvalue weighted by Gasteiger charge is 2.73. The summed E-state index contributed by atoms with van der Waals surface area (Å²) in [6.07, 6.45) is 35.0. The van der Waals surface area contributed by atoms with Crippen molar-refractivity contribution in [1.82, 2.24) is 0 Å². The van der Waals surface area contributed by atoms with E-state index in [1.165, 1.54) is 16.7 Å². The Morgan fingerprint density at radius 2 is 0.735 bits per heavy atom. The molecule has 0 heterocycles. The number of hydrogen-bond acceptors (Lipinski definition) is 18. The molecule has 18 nitrogen and oxygen atoms in total. The van der Waals surface area contributed by atoms with Gasteiger partial charge in [-0.1, -0.05) is 117 Å². The molecule has 0 amide bonds. The Kier molecular flexibility index (Phi) is 26.1. The third kappa shape index (κ3) is 15.7. The first-order valence-corrected chi connectivity index (χ1v) is 44.4. The summed E-state index contributed by atoms with van der Waals surface area (Å²) >= 11 is 0. The summed E-state index contributed by atoms with van der Waals surface area (Å²) in [5, 5.41) is 9.39. The van der Waals surface area contributed by atoms with E-state index in [1.54, 1.807) is 41.5 Å². The number of benzene rings is 3. The van der Waals surface area contributed by atoms with E-state index in [0.717, 1.165) is 195 Å². The van der Waals surface area contributed by atoms with Crippen LogP contribution in [-0.4, -0.2) is 107 Å². The fourth-order valence-corrected chi connectivity index (χ4v) is 27.4. The summed E-state index contributed by atoms with van der Waals surface area (Å²) in [7, 11) is 0. The Morgan fingerprint density at radius 1 is 0.402 bits per heavy atom. The van der Waals surface area contributed by atoms with Crippen LogP contribution < -0.4 is 0 Å². The second kappa shape index (κ2) is 35.2. The second-order valence-corrected chi connectivity index (χ2v) is 37.5. The smallest absolute Gasteiger partial charge is 0.435 e. The summed E-state index contributed by atoms with van der Waals surface area (Å²) in [6.45, 7) is 17.7. The molecule has 18 atom stereocenters. The molecular formula is C99H126O18. The predicted octanol–water partition coefficient (Wildman–Crippen LogP) is 20.0. The fraction of sp³-hybridized carbons (Fsp3) is 0.626. The molecule has 8 saturated carbocycles. The van der Waals surface area contributed by atoms with Crippen molar-refractivity contribution in [2.75, 3.05) is 19.8 Å². The van der Waals surface area contributed by atoms with Crippen molar-refractivity contribution in [2.45, 2.75) is 285 Å². The first-order chi connectivity index (χ1) is 56.1. The number of Topliss-reactive ketones (excluding diaryl/α,β-unsaturated/α-hetero) is 3. The number of fused-ring (bicyclic) bond motifs is 15. The van der Waals surface area contributed by atoms with Crippen molar-refractivity contribution in [3.63, 3.8) is 0 Å². The molecule has 12 aliphatic carbocycles. The van der Waals surface area contributed by atoms with Crippen LogP contribution in [0, 0.1) is 85.8 Å². The van der Waals surface area contributed by atoms with Crippen LogP contribution in [0.4, 0.5) is 14.4 Å². The molecule has 117 heavy (non-hydrogen) atoms. The number of aliphatic hydroxyl groups excluding tert-OH is 1. The minimum Gasteiger partial charge on any atom is -0.435 e. The summed E-state index contributed by atoms with van der Waals surface area (Å²) in [4.78, 5) is 138. The molecule has 0 saturated heterocycles. The van der Waals surface area contributed by atoms with Crippen molar-refractivity contribution in [2.24, 2.45) is 85.8 Å². The SMILES string of the molecule is CCOC(=O)O[C@]1(C(C)=O)CC[C@H]2[C@@H]3C=CC4=CC(=O)CC[C@@]4(C)[C@@H]3CC[C@@]21CCCc1ccc(C=O)cc1.CCOC(=O)O[C@]1(C(C)=O)CC[C@H]2[C@@H]3CCC4=CC(=O)CC[C@@]4(C)[C@@H]3CC[C@@]21CCCc1ccc(C=O)cc1.CCOC(=O)O[C@]1(C(C)=O)CC[C@H]2[C@@H]3CCC4=CC(=O)CC[C@@]4(C)[C@@H]3CC[C@@]21CCCc1ccc(CO)cc1. The summed E-state index contributed by atoms with van der Waals surface area (Å²) in [5.41, 5.74) is 4.68. The lowest BCUT2D eigenvalue weighted by molar-refractivity contribution is -0.172. The first kappa shape index (κ1) is 86.6. The number of carbonyl (C=O) groups is 11. The van der Waals surface area contributed by atoms with Crippen molar-refractivity contribution in [1.29, 1.82) is 0 Å². The molecule has 8 fully saturated rings. The monoisotopic (exact) mass is 1600 g/mol. The van der Waals surface area contributed by atoms with Gasteiger partial charge in [0.05, 0.1) is 26.4 Å². The maximum Gasteiger partial charge on any atom is 0.509 e. The second-order valence-electron chi connectivity index (χ2n) is 37.5. The third-order valence-electron chi connectivity index (χ3n) is 32.9. The van der Waals surface area contributed by atoms with Gasteiger partial charge >= 0.3 is 18.5 Å². The van der Waals surface area contributed by atoms with Gasteiger partial charge in [-0.3, -0.25) is 38.4 Å². The van der Waals surface area contributed by atoms with Gasteiger partial charge in [0.2, 0.25) is 0 Å². The molecule has 0 aliphatic heterocycles. The zero-order chi connectivity index (χ0) is 83.5. The van der Waals surface area contributed by atoms with Crippen LogP contribution in [0.1, 0.15) is 285 Å². The highest BCUT2D eigenvalue weighted by atomic mass is 16.7. The van der Waals surface area contributed by atoms with Gasteiger partial charge in [0.1, 0.15) is 12.6 Å². The molecule has 3 aromatic rings. The Hall–Kier alpha value is -8.25. The van der Waals surface area contributed by atoms with Crippen LogP contribution in [0.3, 0.4) is 0 Å². The van der Waals surface area contributed by atoms with E-state index in [9.17, 15) is 57.8 Å². The maximum atomic E-state index is 13.6. The number of ether oxygens (including phenoxy) is 6. The molecule has 12 aliphatic rings. The number of rotatable bonds is 24. The van der Waals surface area contributed by atoms with Crippen LogP contribution in [0.15, 0.2) is 120 Å². The van der Waals surface area contributed by atoms with E-state index in [2.05, 4.69) is 45.1 Å². The molecule has 3 aromatic carbocycles. The fourth-order valence-electron chi connectivity index (χ4n) is 27.4. The molecule has 18 heteroatoms. The molecule has 0 unspecified atom stereocenters. The van der Waals surface area contributed by atoms with Gasteiger partial charge in [-0.05, 0) is 337 Å². The highest BCUT2D eigenvalue weighted by Crippen LogP contribution is 2.74. The normalized spacial score (nSPS) is 35.1. The van der Waals surface area contributed by atoms with Gasteiger partial charge < -0.3 is 33.5 Å². The molecule has 0 radical (unpaired) electrons. The molecule has 0 bridgehead atoms. The lowest BCUT2D eigenvalue weighted by Gasteiger charge is -2.60.